The van der Waals surface area contributed by atoms with Crippen LogP contribution in [0.5, 0.6) is 0 Å². The van der Waals surface area contributed by atoms with Crippen LogP contribution in [-0.4, -0.2) is 25.2 Å². The van der Waals surface area contributed by atoms with Crippen LogP contribution in [0, 0.1) is 13.8 Å². The lowest BCUT2D eigenvalue weighted by atomic mass is 10.1. The number of carboxylic acids is 1. The molecule has 0 aliphatic rings. The first kappa shape index (κ1) is 17.7. The van der Waals surface area contributed by atoms with Crippen molar-refractivity contribution in [3.05, 3.63) is 28.8 Å². The van der Waals surface area contributed by atoms with Gasteiger partial charge in [-0.2, -0.15) is 0 Å². The monoisotopic (exact) mass is 312 g/mol. The van der Waals surface area contributed by atoms with Crippen LogP contribution in [0.25, 0.3) is 0 Å². The molecule has 0 saturated heterocycles. The molecule has 0 radical (unpaired) electrons. The minimum atomic E-state index is -3.42. The first-order valence-electron chi connectivity index (χ1n) is 7.37. The van der Waals surface area contributed by atoms with E-state index >= 15 is 0 Å². The molecule has 21 heavy (non-hydrogen) atoms. The predicted octanol–water partition coefficient (Wildman–Crippen LogP) is 3.75. The van der Waals surface area contributed by atoms with Gasteiger partial charge in [0.25, 0.3) is 0 Å². The lowest BCUT2D eigenvalue weighted by molar-refractivity contribution is 0.0696. The van der Waals surface area contributed by atoms with Gasteiger partial charge < -0.3 is 5.11 Å². The Balaban J connectivity index is 2.94. The summed E-state index contributed by atoms with van der Waals surface area (Å²) in [5.74, 6) is -1.02. The van der Waals surface area contributed by atoms with Gasteiger partial charge in [-0.3, -0.25) is 0 Å². The van der Waals surface area contributed by atoms with Crippen molar-refractivity contribution >= 4 is 15.8 Å². The Labute approximate surface area is 127 Å². The maximum absolute atomic E-state index is 12.4. The third kappa shape index (κ3) is 4.84. The Kier molecular flexibility index (Phi) is 6.40. The second-order valence-electron chi connectivity index (χ2n) is 5.45. The van der Waals surface area contributed by atoms with Crippen LogP contribution < -0.4 is 0 Å². The molecule has 4 nitrogen and oxygen atoms in total. The summed E-state index contributed by atoms with van der Waals surface area (Å²) in [6.45, 7) is 5.58. The number of hydrogen-bond acceptors (Lipinski definition) is 3. The van der Waals surface area contributed by atoms with Gasteiger partial charge in [0, 0.05) is 0 Å². The zero-order valence-electron chi connectivity index (χ0n) is 13.0. The molecule has 0 aromatic heterocycles. The molecule has 0 aliphatic carbocycles. The largest absolute Gasteiger partial charge is 0.478 e. The molecular weight excluding hydrogens is 288 g/mol. The molecule has 0 saturated carbocycles. The van der Waals surface area contributed by atoms with Crippen LogP contribution in [0.1, 0.15) is 60.5 Å². The summed E-state index contributed by atoms with van der Waals surface area (Å²) in [7, 11) is -3.42. The molecule has 0 unspecified atom stereocenters. The van der Waals surface area contributed by atoms with E-state index < -0.39 is 15.8 Å². The molecule has 0 bridgehead atoms. The SMILES string of the molecule is CCCCCCCS(=O)(=O)c1cc(C(=O)O)cc(C)c1C. The van der Waals surface area contributed by atoms with Gasteiger partial charge in [0.05, 0.1) is 16.2 Å². The Hall–Kier alpha value is -1.36. The summed E-state index contributed by atoms with van der Waals surface area (Å²) < 4.78 is 24.8. The van der Waals surface area contributed by atoms with E-state index in [1.165, 1.54) is 12.1 Å². The third-order valence-corrected chi connectivity index (χ3v) is 5.64. The molecule has 0 spiro atoms. The van der Waals surface area contributed by atoms with E-state index in [2.05, 4.69) is 6.92 Å². The van der Waals surface area contributed by atoms with Crippen molar-refractivity contribution in [2.75, 3.05) is 5.75 Å². The van der Waals surface area contributed by atoms with Crippen LogP contribution in [-0.2, 0) is 9.84 Å². The fraction of sp³-hybridized carbons (Fsp3) is 0.562. The summed E-state index contributed by atoms with van der Waals surface area (Å²) in [6.07, 6.45) is 4.79. The molecule has 0 aliphatic heterocycles. The highest BCUT2D eigenvalue weighted by Crippen LogP contribution is 2.23. The van der Waals surface area contributed by atoms with Crippen LogP contribution in [0.3, 0.4) is 0 Å². The van der Waals surface area contributed by atoms with Crippen LogP contribution in [0.2, 0.25) is 0 Å². The van der Waals surface area contributed by atoms with Gasteiger partial charge in [-0.15, -0.1) is 0 Å². The van der Waals surface area contributed by atoms with Gasteiger partial charge in [-0.05, 0) is 43.5 Å². The van der Waals surface area contributed by atoms with Gasteiger partial charge in [-0.1, -0.05) is 32.6 Å². The first-order valence-corrected chi connectivity index (χ1v) is 9.02. The normalized spacial score (nSPS) is 11.6. The van der Waals surface area contributed by atoms with Crippen molar-refractivity contribution in [2.45, 2.75) is 57.8 Å². The summed E-state index contributed by atoms with van der Waals surface area (Å²) in [6, 6.07) is 2.80. The first-order chi connectivity index (χ1) is 9.79. The van der Waals surface area contributed by atoms with Gasteiger partial charge in [-0.25, -0.2) is 13.2 Å². The molecule has 1 aromatic rings. The number of hydrogen-bond donors (Lipinski definition) is 1. The van der Waals surface area contributed by atoms with Crippen molar-refractivity contribution in [3.8, 4) is 0 Å². The van der Waals surface area contributed by atoms with Crippen molar-refractivity contribution in [3.63, 3.8) is 0 Å². The Bertz CT molecular complexity index is 603. The van der Waals surface area contributed by atoms with Crippen LogP contribution in [0.4, 0.5) is 0 Å². The van der Waals surface area contributed by atoms with E-state index in [0.717, 1.165) is 25.7 Å². The highest BCUT2D eigenvalue weighted by atomic mass is 32.2. The number of sulfone groups is 1. The van der Waals surface area contributed by atoms with E-state index in [9.17, 15) is 13.2 Å². The van der Waals surface area contributed by atoms with Crippen LogP contribution in [0.15, 0.2) is 17.0 Å². The zero-order valence-corrected chi connectivity index (χ0v) is 13.8. The van der Waals surface area contributed by atoms with E-state index in [4.69, 9.17) is 5.11 Å². The lowest BCUT2D eigenvalue weighted by Gasteiger charge is -2.11. The van der Waals surface area contributed by atoms with Crippen LogP contribution >= 0.6 is 0 Å². The molecule has 118 valence electrons. The number of carbonyl (C=O) groups is 1. The number of carboxylic acid groups (broad SMARTS) is 1. The van der Waals surface area contributed by atoms with E-state index in [-0.39, 0.29) is 16.2 Å². The van der Waals surface area contributed by atoms with Crippen molar-refractivity contribution in [1.29, 1.82) is 0 Å². The molecule has 0 amide bonds. The highest BCUT2D eigenvalue weighted by molar-refractivity contribution is 7.91. The number of unbranched alkanes of at least 4 members (excludes halogenated alkanes) is 4. The van der Waals surface area contributed by atoms with E-state index in [1.807, 2.05) is 0 Å². The molecule has 5 heteroatoms. The molecule has 0 atom stereocenters. The summed E-state index contributed by atoms with van der Waals surface area (Å²) in [5, 5.41) is 9.07. The van der Waals surface area contributed by atoms with E-state index in [1.54, 1.807) is 13.8 Å². The molecule has 0 fully saturated rings. The topological polar surface area (TPSA) is 71.4 Å². The number of benzene rings is 1. The summed E-state index contributed by atoms with van der Waals surface area (Å²) >= 11 is 0. The Morgan fingerprint density at radius 3 is 2.29 bits per heavy atom. The fourth-order valence-corrected chi connectivity index (χ4v) is 4.02. The Morgan fingerprint density at radius 2 is 1.71 bits per heavy atom. The Morgan fingerprint density at radius 1 is 1.10 bits per heavy atom. The third-order valence-electron chi connectivity index (χ3n) is 3.72. The molecular formula is C16H24O4S. The van der Waals surface area contributed by atoms with Crippen molar-refractivity contribution in [2.24, 2.45) is 0 Å². The molecule has 1 N–H and O–H groups in total. The zero-order chi connectivity index (χ0) is 16.0. The van der Waals surface area contributed by atoms with Gasteiger partial charge in [0.15, 0.2) is 9.84 Å². The number of rotatable bonds is 8. The maximum atomic E-state index is 12.4. The maximum Gasteiger partial charge on any atom is 0.335 e. The fourth-order valence-electron chi connectivity index (χ4n) is 2.28. The lowest BCUT2D eigenvalue weighted by Crippen LogP contribution is -2.11. The number of aromatic carboxylic acids is 1. The smallest absolute Gasteiger partial charge is 0.335 e. The second-order valence-corrected chi connectivity index (χ2v) is 7.53. The number of aryl methyl sites for hydroxylation is 1. The summed E-state index contributed by atoms with van der Waals surface area (Å²) in [4.78, 5) is 11.2. The highest BCUT2D eigenvalue weighted by Gasteiger charge is 2.20. The standard InChI is InChI=1S/C16H24O4S/c1-4-5-6-7-8-9-21(19,20)15-11-14(16(17)18)10-12(2)13(15)3/h10-11H,4-9H2,1-3H3,(H,17,18). The predicted molar refractivity (Wildman–Crippen MR) is 83.7 cm³/mol. The average Bonchev–Trinajstić information content (AvgIpc) is 2.40. The van der Waals surface area contributed by atoms with E-state index in [0.29, 0.717) is 17.5 Å². The average molecular weight is 312 g/mol. The van der Waals surface area contributed by atoms with Gasteiger partial charge in [0.1, 0.15) is 0 Å². The summed E-state index contributed by atoms with van der Waals surface area (Å²) in [5.41, 5.74) is 1.37. The molecule has 1 rings (SSSR count). The van der Waals surface area contributed by atoms with Gasteiger partial charge in [0.2, 0.25) is 0 Å². The minimum absolute atomic E-state index is 0.0302. The van der Waals surface area contributed by atoms with Gasteiger partial charge >= 0.3 is 5.97 Å². The second kappa shape index (κ2) is 7.59. The molecule has 0 heterocycles. The van der Waals surface area contributed by atoms with Crippen molar-refractivity contribution < 1.29 is 18.3 Å². The molecule has 1 aromatic carbocycles. The minimum Gasteiger partial charge on any atom is -0.478 e. The van der Waals surface area contributed by atoms with Crippen molar-refractivity contribution in [1.82, 2.24) is 0 Å². The quantitative estimate of drug-likeness (QED) is 0.742.